The Morgan fingerprint density at radius 3 is 3.05 bits per heavy atom. The first-order valence-electron chi connectivity index (χ1n) is 7.58. The molecule has 0 aliphatic carbocycles. The lowest BCUT2D eigenvalue weighted by Crippen LogP contribution is -2.38. The van der Waals surface area contributed by atoms with Crippen molar-refractivity contribution in [3.63, 3.8) is 0 Å². The standard InChI is InChI=1S/C16H22ClN3O/c17-13-3-4-15-12(9-19-16(15)8-13)10-20(6-7-21)11-14-2-1-5-18-14/h3-4,8-9,14,18-19,21H,1-2,5-7,10-11H2. The Bertz CT molecular complexity index is 592. The third-order valence-corrected chi connectivity index (χ3v) is 4.42. The molecule has 0 radical (unpaired) electrons. The van der Waals surface area contributed by atoms with E-state index >= 15 is 0 Å². The van der Waals surface area contributed by atoms with Gasteiger partial charge >= 0.3 is 0 Å². The molecular formula is C16H22ClN3O. The molecule has 3 N–H and O–H groups in total. The van der Waals surface area contributed by atoms with Crippen LogP contribution in [0.4, 0.5) is 0 Å². The molecule has 3 rings (SSSR count). The van der Waals surface area contributed by atoms with Crippen LogP contribution in [0.2, 0.25) is 5.02 Å². The predicted molar refractivity (Wildman–Crippen MR) is 86.7 cm³/mol. The van der Waals surface area contributed by atoms with Crippen molar-refractivity contribution in [2.75, 3.05) is 26.2 Å². The molecule has 0 saturated carbocycles. The number of aromatic nitrogens is 1. The minimum atomic E-state index is 0.195. The number of aliphatic hydroxyl groups is 1. The summed E-state index contributed by atoms with van der Waals surface area (Å²) in [5, 5.41) is 14.8. The van der Waals surface area contributed by atoms with E-state index in [0.29, 0.717) is 12.6 Å². The van der Waals surface area contributed by atoms with E-state index in [1.165, 1.54) is 23.8 Å². The molecule has 114 valence electrons. The zero-order chi connectivity index (χ0) is 14.7. The van der Waals surface area contributed by atoms with E-state index < -0.39 is 0 Å². The van der Waals surface area contributed by atoms with E-state index in [1.807, 2.05) is 18.3 Å². The average molecular weight is 308 g/mol. The van der Waals surface area contributed by atoms with Crippen molar-refractivity contribution in [1.29, 1.82) is 0 Å². The van der Waals surface area contributed by atoms with Crippen LogP contribution < -0.4 is 5.32 Å². The molecule has 0 spiro atoms. The second kappa shape index (κ2) is 6.79. The molecule has 0 amide bonds. The fraction of sp³-hybridized carbons (Fsp3) is 0.500. The first kappa shape index (κ1) is 14.9. The second-order valence-electron chi connectivity index (χ2n) is 5.76. The number of halogens is 1. The van der Waals surface area contributed by atoms with Gasteiger partial charge in [-0.2, -0.15) is 0 Å². The number of H-pyrrole nitrogens is 1. The van der Waals surface area contributed by atoms with Gasteiger partial charge in [0.15, 0.2) is 0 Å². The van der Waals surface area contributed by atoms with Crippen LogP contribution in [-0.2, 0) is 6.54 Å². The van der Waals surface area contributed by atoms with Crippen LogP contribution in [-0.4, -0.2) is 47.3 Å². The van der Waals surface area contributed by atoms with E-state index in [9.17, 15) is 5.11 Å². The number of fused-ring (bicyclic) bond motifs is 1. The number of nitrogens with one attached hydrogen (secondary N) is 2. The van der Waals surface area contributed by atoms with Crippen molar-refractivity contribution in [3.8, 4) is 0 Å². The Morgan fingerprint density at radius 2 is 2.29 bits per heavy atom. The molecule has 1 aromatic carbocycles. The van der Waals surface area contributed by atoms with Gasteiger partial charge in [-0.3, -0.25) is 4.90 Å². The highest BCUT2D eigenvalue weighted by Crippen LogP contribution is 2.23. The highest BCUT2D eigenvalue weighted by molar-refractivity contribution is 6.31. The highest BCUT2D eigenvalue weighted by atomic mass is 35.5. The quantitative estimate of drug-likeness (QED) is 0.768. The number of rotatable bonds is 6. The van der Waals surface area contributed by atoms with Gasteiger partial charge in [-0.15, -0.1) is 0 Å². The monoisotopic (exact) mass is 307 g/mol. The van der Waals surface area contributed by atoms with Gasteiger partial charge in [-0.05, 0) is 37.1 Å². The van der Waals surface area contributed by atoms with Gasteiger partial charge in [0.25, 0.3) is 0 Å². The molecule has 1 atom stereocenters. The molecule has 5 heteroatoms. The second-order valence-corrected chi connectivity index (χ2v) is 6.19. The Balaban J connectivity index is 1.73. The molecule has 0 bridgehead atoms. The van der Waals surface area contributed by atoms with Crippen LogP contribution in [0.5, 0.6) is 0 Å². The van der Waals surface area contributed by atoms with Gasteiger partial charge in [0.2, 0.25) is 0 Å². The minimum Gasteiger partial charge on any atom is -0.395 e. The van der Waals surface area contributed by atoms with E-state index in [2.05, 4.69) is 21.3 Å². The fourth-order valence-electron chi connectivity index (χ4n) is 3.13. The Morgan fingerprint density at radius 1 is 1.38 bits per heavy atom. The predicted octanol–water partition coefficient (Wildman–Crippen LogP) is 2.37. The lowest BCUT2D eigenvalue weighted by molar-refractivity contribution is 0.179. The van der Waals surface area contributed by atoms with Crippen molar-refractivity contribution >= 4 is 22.5 Å². The molecule has 1 unspecified atom stereocenters. The topological polar surface area (TPSA) is 51.3 Å². The summed E-state index contributed by atoms with van der Waals surface area (Å²) in [5.41, 5.74) is 2.33. The molecular weight excluding hydrogens is 286 g/mol. The van der Waals surface area contributed by atoms with Crippen molar-refractivity contribution < 1.29 is 5.11 Å². The van der Waals surface area contributed by atoms with E-state index in [0.717, 1.165) is 30.2 Å². The summed E-state index contributed by atoms with van der Waals surface area (Å²) < 4.78 is 0. The molecule has 4 nitrogen and oxygen atoms in total. The average Bonchev–Trinajstić information content (AvgIpc) is 3.09. The maximum absolute atomic E-state index is 9.30. The normalized spacial score (nSPS) is 18.9. The minimum absolute atomic E-state index is 0.195. The molecule has 1 aliphatic heterocycles. The largest absolute Gasteiger partial charge is 0.395 e. The van der Waals surface area contributed by atoms with Gasteiger partial charge in [-0.1, -0.05) is 17.7 Å². The summed E-state index contributed by atoms with van der Waals surface area (Å²) in [6.07, 6.45) is 4.53. The van der Waals surface area contributed by atoms with Gasteiger partial charge in [0.1, 0.15) is 0 Å². The summed E-state index contributed by atoms with van der Waals surface area (Å²) in [6.45, 7) is 3.85. The van der Waals surface area contributed by atoms with Crippen LogP contribution in [0, 0.1) is 0 Å². The lowest BCUT2D eigenvalue weighted by Gasteiger charge is -2.24. The van der Waals surface area contributed by atoms with E-state index in [4.69, 9.17) is 11.6 Å². The number of benzene rings is 1. The lowest BCUT2D eigenvalue weighted by atomic mass is 10.1. The summed E-state index contributed by atoms with van der Waals surface area (Å²) in [4.78, 5) is 5.60. The summed E-state index contributed by atoms with van der Waals surface area (Å²) in [7, 11) is 0. The third kappa shape index (κ3) is 3.58. The zero-order valence-corrected chi connectivity index (χ0v) is 12.9. The SMILES string of the molecule is OCCN(Cc1c[nH]c2cc(Cl)ccc12)CC1CCCN1. The Labute approximate surface area is 130 Å². The Hall–Kier alpha value is -1.07. The molecule has 1 fully saturated rings. The van der Waals surface area contributed by atoms with Crippen LogP contribution >= 0.6 is 11.6 Å². The molecule has 1 aliphatic rings. The first-order valence-corrected chi connectivity index (χ1v) is 7.96. The summed E-state index contributed by atoms with van der Waals surface area (Å²) in [5.74, 6) is 0. The van der Waals surface area contributed by atoms with Crippen LogP contribution in [0.3, 0.4) is 0 Å². The third-order valence-electron chi connectivity index (χ3n) is 4.18. The number of aliphatic hydroxyl groups excluding tert-OH is 1. The van der Waals surface area contributed by atoms with Crippen LogP contribution in [0.15, 0.2) is 24.4 Å². The summed E-state index contributed by atoms with van der Waals surface area (Å²) >= 11 is 6.03. The number of nitrogens with zero attached hydrogens (tertiary/aromatic N) is 1. The number of hydrogen-bond acceptors (Lipinski definition) is 3. The van der Waals surface area contributed by atoms with Crippen LogP contribution in [0.25, 0.3) is 10.9 Å². The molecule has 21 heavy (non-hydrogen) atoms. The fourth-order valence-corrected chi connectivity index (χ4v) is 3.30. The van der Waals surface area contributed by atoms with Gasteiger partial charge < -0.3 is 15.4 Å². The molecule has 2 heterocycles. The van der Waals surface area contributed by atoms with Crippen molar-refractivity contribution in [2.45, 2.75) is 25.4 Å². The highest BCUT2D eigenvalue weighted by Gasteiger charge is 2.18. The first-order chi connectivity index (χ1) is 10.3. The number of aromatic amines is 1. The van der Waals surface area contributed by atoms with Gasteiger partial charge in [-0.25, -0.2) is 0 Å². The molecule has 2 aromatic rings. The van der Waals surface area contributed by atoms with Crippen molar-refractivity contribution in [1.82, 2.24) is 15.2 Å². The van der Waals surface area contributed by atoms with Crippen molar-refractivity contribution in [2.24, 2.45) is 0 Å². The van der Waals surface area contributed by atoms with Crippen LogP contribution in [0.1, 0.15) is 18.4 Å². The van der Waals surface area contributed by atoms with E-state index in [1.54, 1.807) is 0 Å². The number of hydrogen-bond donors (Lipinski definition) is 3. The molecule has 1 aromatic heterocycles. The Kier molecular flexibility index (Phi) is 4.80. The summed E-state index contributed by atoms with van der Waals surface area (Å²) in [6, 6.07) is 6.50. The van der Waals surface area contributed by atoms with Gasteiger partial charge in [0, 0.05) is 47.8 Å². The van der Waals surface area contributed by atoms with Crippen molar-refractivity contribution in [3.05, 3.63) is 35.0 Å². The maximum Gasteiger partial charge on any atom is 0.0558 e. The molecule has 1 saturated heterocycles. The zero-order valence-electron chi connectivity index (χ0n) is 12.1. The van der Waals surface area contributed by atoms with E-state index in [-0.39, 0.29) is 6.61 Å². The van der Waals surface area contributed by atoms with Gasteiger partial charge in [0.05, 0.1) is 6.61 Å². The smallest absolute Gasteiger partial charge is 0.0558 e. The maximum atomic E-state index is 9.30.